The quantitative estimate of drug-likeness (QED) is 0.265. The van der Waals surface area contributed by atoms with Crippen molar-refractivity contribution in [3.05, 3.63) is 68.3 Å². The molecule has 174 valence electrons. The van der Waals surface area contributed by atoms with Crippen molar-refractivity contribution in [1.82, 2.24) is 14.7 Å². The predicted octanol–water partition coefficient (Wildman–Crippen LogP) is 5.73. The van der Waals surface area contributed by atoms with Gasteiger partial charge in [-0.2, -0.15) is 0 Å². The predicted molar refractivity (Wildman–Crippen MR) is 137 cm³/mol. The third-order valence-corrected chi connectivity index (χ3v) is 8.06. The van der Waals surface area contributed by atoms with Gasteiger partial charge in [-0.15, -0.1) is 22.7 Å². The summed E-state index contributed by atoms with van der Waals surface area (Å²) in [6.07, 6.45) is 5.80. The van der Waals surface area contributed by atoms with Crippen LogP contribution in [0.15, 0.2) is 36.5 Å². The second kappa shape index (κ2) is 9.02. The summed E-state index contributed by atoms with van der Waals surface area (Å²) in [5.41, 5.74) is 3.75. The summed E-state index contributed by atoms with van der Waals surface area (Å²) in [5, 5.41) is 3.45. The summed E-state index contributed by atoms with van der Waals surface area (Å²) in [5.74, 6) is 0.520. The van der Waals surface area contributed by atoms with Crippen LogP contribution in [0.25, 0.3) is 21.5 Å². The van der Waals surface area contributed by atoms with Gasteiger partial charge in [0.05, 0.1) is 27.8 Å². The molecule has 0 saturated carbocycles. The Labute approximate surface area is 209 Å². The molecule has 4 heterocycles. The van der Waals surface area contributed by atoms with E-state index in [1.165, 1.54) is 22.3 Å². The second-order valence-electron chi connectivity index (χ2n) is 8.27. The number of amides is 1. The molecule has 0 saturated heterocycles. The SMILES string of the molecule is CC(=O)c1ccc(-c2cc(Cl)c3c(c2)CC(CNC(=O)/C=C/c2c(C)nc4sc(C)cn24)O3)s1. The molecule has 6 nitrogen and oxygen atoms in total. The number of thiazole rings is 1. The van der Waals surface area contributed by atoms with Gasteiger partial charge in [-0.3, -0.25) is 14.0 Å². The number of Topliss-reactive ketones (excluding diaryl/α,β-unsaturated/α-hetero) is 1. The minimum Gasteiger partial charge on any atom is -0.486 e. The van der Waals surface area contributed by atoms with Crippen LogP contribution < -0.4 is 10.1 Å². The van der Waals surface area contributed by atoms with Crippen LogP contribution >= 0.6 is 34.3 Å². The standard InChI is InChI=1S/C25H22ClN3O3S2/c1-13-12-29-20(14(2)28-25(29)33-13)4-7-23(31)27-11-18-9-17-8-16(10-19(26)24(17)32-18)22-6-5-21(34-22)15(3)30/h4-8,10,12,18H,9,11H2,1-3H3,(H,27,31)/b7-4+. The average Bonchev–Trinajstić information content (AvgIpc) is 3.54. The number of fused-ring (bicyclic) bond motifs is 2. The molecule has 1 aliphatic heterocycles. The largest absolute Gasteiger partial charge is 0.486 e. The first-order valence-corrected chi connectivity index (χ1v) is 12.8. The molecule has 0 spiro atoms. The Hall–Kier alpha value is -2.94. The van der Waals surface area contributed by atoms with Crippen LogP contribution in [0.5, 0.6) is 5.75 Å². The number of nitrogens with one attached hydrogen (secondary N) is 1. The number of nitrogens with zero attached hydrogens (tertiary/aromatic N) is 2. The fraction of sp³-hybridized carbons (Fsp3) is 0.240. The van der Waals surface area contributed by atoms with Gasteiger partial charge in [-0.25, -0.2) is 4.98 Å². The number of ketones is 1. The molecular weight excluding hydrogens is 490 g/mol. The van der Waals surface area contributed by atoms with E-state index < -0.39 is 0 Å². The van der Waals surface area contributed by atoms with Crippen molar-refractivity contribution in [3.8, 4) is 16.2 Å². The van der Waals surface area contributed by atoms with E-state index in [0.717, 1.165) is 37.2 Å². The van der Waals surface area contributed by atoms with Gasteiger partial charge in [-0.1, -0.05) is 11.6 Å². The zero-order chi connectivity index (χ0) is 24.0. The number of imidazole rings is 1. The Morgan fingerprint density at radius 1 is 1.29 bits per heavy atom. The maximum Gasteiger partial charge on any atom is 0.244 e. The summed E-state index contributed by atoms with van der Waals surface area (Å²) in [7, 11) is 0. The molecule has 3 aromatic heterocycles. The van der Waals surface area contributed by atoms with Gasteiger partial charge in [0, 0.05) is 34.0 Å². The Morgan fingerprint density at radius 3 is 2.88 bits per heavy atom. The normalized spacial score (nSPS) is 15.1. The van der Waals surface area contributed by atoms with Gasteiger partial charge in [0.2, 0.25) is 5.91 Å². The summed E-state index contributed by atoms with van der Waals surface area (Å²) in [4.78, 5) is 32.4. The van der Waals surface area contributed by atoms with Crippen LogP contribution in [0.3, 0.4) is 0 Å². The summed E-state index contributed by atoms with van der Waals surface area (Å²) in [6, 6.07) is 7.68. The Balaban J connectivity index is 1.23. The fourth-order valence-corrected chi connectivity index (χ4v) is 6.09. The van der Waals surface area contributed by atoms with Crippen molar-refractivity contribution in [2.24, 2.45) is 0 Å². The number of aryl methyl sites for hydroxylation is 2. The molecular formula is C25H22ClN3O3S2. The van der Waals surface area contributed by atoms with E-state index >= 15 is 0 Å². The van der Waals surface area contributed by atoms with Crippen LogP contribution in [0, 0.1) is 13.8 Å². The van der Waals surface area contributed by atoms with Crippen LogP contribution in [-0.4, -0.2) is 33.7 Å². The third-order valence-electron chi connectivity index (χ3n) is 5.65. The van der Waals surface area contributed by atoms with E-state index in [2.05, 4.69) is 16.4 Å². The first-order valence-electron chi connectivity index (χ1n) is 10.8. The van der Waals surface area contributed by atoms with Crippen LogP contribution in [0.4, 0.5) is 0 Å². The number of carbonyl (C=O) groups excluding carboxylic acids is 2. The number of ether oxygens (including phenoxy) is 1. The lowest BCUT2D eigenvalue weighted by Gasteiger charge is -2.11. The van der Waals surface area contributed by atoms with Crippen LogP contribution in [0.1, 0.15) is 38.4 Å². The first kappa shape index (κ1) is 22.8. The van der Waals surface area contributed by atoms with Crippen molar-refractivity contribution in [2.75, 3.05) is 6.54 Å². The third kappa shape index (κ3) is 4.41. The lowest BCUT2D eigenvalue weighted by Crippen LogP contribution is -2.33. The van der Waals surface area contributed by atoms with Crippen LogP contribution in [-0.2, 0) is 11.2 Å². The molecule has 0 radical (unpaired) electrons. The molecule has 1 amide bonds. The topological polar surface area (TPSA) is 72.7 Å². The number of rotatable bonds is 6. The van der Waals surface area contributed by atoms with Crippen molar-refractivity contribution >= 4 is 57.0 Å². The Bertz CT molecular complexity index is 1460. The highest BCUT2D eigenvalue weighted by molar-refractivity contribution is 7.17. The molecule has 5 rings (SSSR count). The maximum atomic E-state index is 12.5. The zero-order valence-electron chi connectivity index (χ0n) is 18.8. The van der Waals surface area contributed by atoms with Gasteiger partial charge in [0.25, 0.3) is 0 Å². The minimum absolute atomic E-state index is 0.0509. The van der Waals surface area contributed by atoms with E-state index in [9.17, 15) is 9.59 Å². The molecule has 1 aliphatic rings. The van der Waals surface area contributed by atoms with Gasteiger partial charge < -0.3 is 10.1 Å². The smallest absolute Gasteiger partial charge is 0.244 e. The highest BCUT2D eigenvalue weighted by Gasteiger charge is 2.26. The number of thiophene rings is 1. The lowest BCUT2D eigenvalue weighted by atomic mass is 10.1. The number of aromatic nitrogens is 2. The molecule has 4 aromatic rings. The Kier molecular flexibility index (Phi) is 6.06. The van der Waals surface area contributed by atoms with Gasteiger partial charge in [0.15, 0.2) is 10.7 Å². The molecule has 34 heavy (non-hydrogen) atoms. The summed E-state index contributed by atoms with van der Waals surface area (Å²) < 4.78 is 8.02. The van der Waals surface area contributed by atoms with Crippen LogP contribution in [0.2, 0.25) is 5.02 Å². The van der Waals surface area contributed by atoms with Crippen molar-refractivity contribution < 1.29 is 14.3 Å². The molecule has 1 unspecified atom stereocenters. The summed E-state index contributed by atoms with van der Waals surface area (Å²) >= 11 is 9.57. The maximum absolute atomic E-state index is 12.5. The summed E-state index contributed by atoms with van der Waals surface area (Å²) in [6.45, 7) is 5.90. The fourth-order valence-electron chi connectivity index (χ4n) is 4.04. The Morgan fingerprint density at radius 2 is 2.12 bits per heavy atom. The lowest BCUT2D eigenvalue weighted by molar-refractivity contribution is -0.116. The number of hydrogen-bond acceptors (Lipinski definition) is 6. The van der Waals surface area contributed by atoms with E-state index in [1.54, 1.807) is 24.3 Å². The number of hydrogen-bond donors (Lipinski definition) is 1. The monoisotopic (exact) mass is 511 g/mol. The number of benzene rings is 1. The molecule has 0 aliphatic carbocycles. The first-order chi connectivity index (χ1) is 16.3. The van der Waals surface area contributed by atoms with E-state index in [0.29, 0.717) is 23.7 Å². The molecule has 0 bridgehead atoms. The van der Waals surface area contributed by atoms with E-state index in [1.807, 2.05) is 42.6 Å². The molecule has 1 aromatic carbocycles. The molecule has 1 N–H and O–H groups in total. The van der Waals surface area contributed by atoms with E-state index in [-0.39, 0.29) is 17.8 Å². The van der Waals surface area contributed by atoms with E-state index in [4.69, 9.17) is 16.3 Å². The van der Waals surface area contributed by atoms with Gasteiger partial charge >= 0.3 is 0 Å². The van der Waals surface area contributed by atoms with Gasteiger partial charge in [0.1, 0.15) is 11.9 Å². The minimum atomic E-state index is -0.195. The number of halogens is 1. The van der Waals surface area contributed by atoms with Crippen molar-refractivity contribution in [1.29, 1.82) is 0 Å². The highest BCUT2D eigenvalue weighted by atomic mass is 35.5. The van der Waals surface area contributed by atoms with Gasteiger partial charge in [-0.05, 0) is 56.7 Å². The molecule has 9 heteroatoms. The second-order valence-corrected chi connectivity index (χ2v) is 11.0. The average molecular weight is 512 g/mol. The molecule has 1 atom stereocenters. The highest BCUT2D eigenvalue weighted by Crippen LogP contribution is 2.41. The molecule has 0 fully saturated rings. The van der Waals surface area contributed by atoms with Crippen molar-refractivity contribution in [3.63, 3.8) is 0 Å². The van der Waals surface area contributed by atoms with Crippen molar-refractivity contribution in [2.45, 2.75) is 33.3 Å². The zero-order valence-corrected chi connectivity index (χ0v) is 21.2. The number of carbonyl (C=O) groups is 2.